The van der Waals surface area contributed by atoms with Gasteiger partial charge in [-0.3, -0.25) is 19.3 Å². The molecule has 160 valence electrons. The van der Waals surface area contributed by atoms with Gasteiger partial charge in [0, 0.05) is 18.7 Å². The molecule has 1 aromatic rings. The van der Waals surface area contributed by atoms with E-state index in [2.05, 4.69) is 6.58 Å². The fourth-order valence-electron chi connectivity index (χ4n) is 3.56. The summed E-state index contributed by atoms with van der Waals surface area (Å²) in [6, 6.07) is 3.66. The van der Waals surface area contributed by atoms with E-state index in [0.717, 1.165) is 35.1 Å². The van der Waals surface area contributed by atoms with Crippen LogP contribution in [-0.4, -0.2) is 60.2 Å². The van der Waals surface area contributed by atoms with Crippen molar-refractivity contribution in [2.75, 3.05) is 33.4 Å². The molecule has 0 aromatic heterocycles. The molecular formula is C22H26N2O5S. The van der Waals surface area contributed by atoms with Crippen molar-refractivity contribution in [3.63, 3.8) is 0 Å². The molecule has 2 fully saturated rings. The molecule has 2 aliphatic rings. The Labute approximate surface area is 180 Å². The van der Waals surface area contributed by atoms with Gasteiger partial charge in [0.15, 0.2) is 11.5 Å². The molecular weight excluding hydrogens is 404 g/mol. The van der Waals surface area contributed by atoms with E-state index in [9.17, 15) is 14.4 Å². The zero-order valence-corrected chi connectivity index (χ0v) is 18.1. The lowest BCUT2D eigenvalue weighted by molar-refractivity contribution is -0.135. The van der Waals surface area contributed by atoms with E-state index in [4.69, 9.17) is 9.47 Å². The summed E-state index contributed by atoms with van der Waals surface area (Å²) in [7, 11) is 1.58. The van der Waals surface area contributed by atoms with Crippen LogP contribution in [0, 0.1) is 0 Å². The van der Waals surface area contributed by atoms with Crippen LogP contribution in [0.2, 0.25) is 0 Å². The van der Waals surface area contributed by atoms with E-state index in [1.807, 2.05) is 13.0 Å². The number of imide groups is 1. The number of thioether (sulfide) groups is 1. The third kappa shape index (κ3) is 4.70. The van der Waals surface area contributed by atoms with E-state index < -0.39 is 11.1 Å². The SMILES string of the molecule is C=CCc1cc(/C=C2\SC(=O)N(CC(=O)N3CCCC3)C2=O)cc(OCC)c1OC. The largest absolute Gasteiger partial charge is 0.493 e. The molecule has 0 aliphatic carbocycles. The first-order valence-corrected chi connectivity index (χ1v) is 10.8. The Bertz CT molecular complexity index is 890. The highest BCUT2D eigenvalue weighted by Crippen LogP contribution is 2.37. The highest BCUT2D eigenvalue weighted by atomic mass is 32.2. The standard InChI is InChI=1S/C22H26N2O5S/c1-4-8-16-11-15(12-17(29-5-2)20(16)28-3)13-18-21(26)24(22(27)30-18)14-19(25)23-9-6-7-10-23/h4,11-13H,1,5-10,14H2,2-3H3/b18-13-. The average Bonchev–Trinajstić information content (AvgIpc) is 3.34. The Kier molecular flexibility index (Phi) is 7.20. The second-order valence-corrected chi connectivity index (χ2v) is 7.99. The van der Waals surface area contributed by atoms with Crippen molar-refractivity contribution >= 4 is 34.9 Å². The molecule has 0 saturated carbocycles. The number of ether oxygens (including phenoxy) is 2. The average molecular weight is 431 g/mol. The van der Waals surface area contributed by atoms with Gasteiger partial charge in [-0.05, 0) is 61.7 Å². The highest BCUT2D eigenvalue weighted by Gasteiger charge is 2.37. The van der Waals surface area contributed by atoms with Crippen molar-refractivity contribution in [2.45, 2.75) is 26.2 Å². The molecule has 0 bridgehead atoms. The van der Waals surface area contributed by atoms with Gasteiger partial charge in [0.05, 0.1) is 18.6 Å². The van der Waals surface area contributed by atoms with E-state index in [1.54, 1.807) is 30.2 Å². The first-order valence-electron chi connectivity index (χ1n) is 9.96. The van der Waals surface area contributed by atoms with Crippen molar-refractivity contribution < 1.29 is 23.9 Å². The van der Waals surface area contributed by atoms with E-state index >= 15 is 0 Å². The highest BCUT2D eigenvalue weighted by molar-refractivity contribution is 8.18. The third-order valence-corrected chi connectivity index (χ3v) is 5.85. The molecule has 0 N–H and O–H groups in total. The van der Waals surface area contributed by atoms with Crippen molar-refractivity contribution in [3.8, 4) is 11.5 Å². The number of carbonyl (C=O) groups is 3. The molecule has 0 atom stereocenters. The van der Waals surface area contributed by atoms with Crippen molar-refractivity contribution in [3.05, 3.63) is 40.8 Å². The molecule has 3 rings (SSSR count). The Morgan fingerprint density at radius 1 is 1.27 bits per heavy atom. The van der Waals surface area contributed by atoms with Crippen molar-refractivity contribution in [2.24, 2.45) is 0 Å². The fourth-order valence-corrected chi connectivity index (χ4v) is 4.40. The third-order valence-electron chi connectivity index (χ3n) is 4.95. The lowest BCUT2D eigenvalue weighted by atomic mass is 10.0. The van der Waals surface area contributed by atoms with E-state index in [1.165, 1.54) is 0 Å². The van der Waals surface area contributed by atoms with Crippen molar-refractivity contribution in [1.29, 1.82) is 0 Å². The van der Waals surface area contributed by atoms with Gasteiger partial charge >= 0.3 is 0 Å². The molecule has 8 heteroatoms. The topological polar surface area (TPSA) is 76.2 Å². The summed E-state index contributed by atoms with van der Waals surface area (Å²) >= 11 is 0.845. The Balaban J connectivity index is 1.85. The van der Waals surface area contributed by atoms with Crippen LogP contribution < -0.4 is 9.47 Å². The lowest BCUT2D eigenvalue weighted by Gasteiger charge is -2.18. The maximum absolute atomic E-state index is 12.8. The Morgan fingerprint density at radius 3 is 2.63 bits per heavy atom. The number of hydrogen-bond donors (Lipinski definition) is 0. The molecule has 0 unspecified atom stereocenters. The van der Waals surface area contributed by atoms with Crippen LogP contribution >= 0.6 is 11.8 Å². The van der Waals surface area contributed by atoms with Gasteiger partial charge < -0.3 is 14.4 Å². The van der Waals surface area contributed by atoms with E-state index in [-0.39, 0.29) is 17.4 Å². The van der Waals surface area contributed by atoms with Crippen LogP contribution in [0.4, 0.5) is 4.79 Å². The van der Waals surface area contributed by atoms with Crippen LogP contribution in [-0.2, 0) is 16.0 Å². The monoisotopic (exact) mass is 430 g/mol. The van der Waals surface area contributed by atoms with Crippen LogP contribution in [0.5, 0.6) is 11.5 Å². The number of benzene rings is 1. The number of methoxy groups -OCH3 is 1. The number of rotatable bonds is 8. The second kappa shape index (κ2) is 9.84. The first kappa shape index (κ1) is 22.0. The Morgan fingerprint density at radius 2 is 2.00 bits per heavy atom. The molecule has 7 nitrogen and oxygen atoms in total. The summed E-state index contributed by atoms with van der Waals surface area (Å²) in [4.78, 5) is 40.5. The number of carbonyl (C=O) groups excluding carboxylic acids is 3. The minimum absolute atomic E-state index is 0.188. The molecule has 1 aromatic carbocycles. The normalized spacial score (nSPS) is 17.7. The molecule has 3 amide bonds. The minimum Gasteiger partial charge on any atom is -0.493 e. The summed E-state index contributed by atoms with van der Waals surface area (Å²) in [5, 5.41) is -0.427. The van der Waals surface area contributed by atoms with E-state index in [0.29, 0.717) is 43.2 Å². The first-order chi connectivity index (χ1) is 14.5. The maximum atomic E-state index is 12.8. The number of nitrogens with zero attached hydrogens (tertiary/aromatic N) is 2. The number of amides is 3. The van der Waals surface area contributed by atoms with Gasteiger partial charge in [0.2, 0.25) is 5.91 Å². The van der Waals surface area contributed by atoms with Gasteiger partial charge in [0.1, 0.15) is 6.54 Å². The van der Waals surface area contributed by atoms with Crippen LogP contribution in [0.25, 0.3) is 6.08 Å². The maximum Gasteiger partial charge on any atom is 0.294 e. The summed E-state index contributed by atoms with van der Waals surface area (Å²) in [6.45, 7) is 7.27. The molecule has 0 spiro atoms. The zero-order chi connectivity index (χ0) is 21.7. The summed E-state index contributed by atoms with van der Waals surface area (Å²) in [5.41, 5.74) is 1.58. The van der Waals surface area contributed by atoms with Crippen LogP contribution in [0.1, 0.15) is 30.9 Å². The number of allylic oxidation sites excluding steroid dienone is 1. The van der Waals surface area contributed by atoms with Crippen LogP contribution in [0.3, 0.4) is 0 Å². The second-order valence-electron chi connectivity index (χ2n) is 6.99. The Hall–Kier alpha value is -2.74. The van der Waals surface area contributed by atoms with Gasteiger partial charge in [0.25, 0.3) is 11.1 Å². The van der Waals surface area contributed by atoms with Gasteiger partial charge in [-0.15, -0.1) is 6.58 Å². The van der Waals surface area contributed by atoms with Gasteiger partial charge in [-0.1, -0.05) is 6.08 Å². The molecule has 30 heavy (non-hydrogen) atoms. The summed E-state index contributed by atoms with van der Waals surface area (Å²) in [5.74, 6) is 0.552. The van der Waals surface area contributed by atoms with Gasteiger partial charge in [-0.2, -0.15) is 0 Å². The summed E-state index contributed by atoms with van der Waals surface area (Å²) in [6.07, 6.45) is 5.89. The predicted octanol–water partition coefficient (Wildman–Crippen LogP) is 3.48. The summed E-state index contributed by atoms with van der Waals surface area (Å²) < 4.78 is 11.2. The molecule has 2 saturated heterocycles. The van der Waals surface area contributed by atoms with Crippen LogP contribution in [0.15, 0.2) is 29.7 Å². The molecule has 2 heterocycles. The lowest BCUT2D eigenvalue weighted by Crippen LogP contribution is -2.40. The number of likely N-dealkylation sites (tertiary alicyclic amines) is 1. The predicted molar refractivity (Wildman–Crippen MR) is 117 cm³/mol. The number of hydrogen-bond acceptors (Lipinski definition) is 6. The molecule has 0 radical (unpaired) electrons. The zero-order valence-electron chi connectivity index (χ0n) is 17.3. The van der Waals surface area contributed by atoms with Gasteiger partial charge in [-0.25, -0.2) is 0 Å². The molecule has 2 aliphatic heterocycles. The quantitative estimate of drug-likeness (QED) is 0.464. The minimum atomic E-state index is -0.448. The van der Waals surface area contributed by atoms with Crippen molar-refractivity contribution in [1.82, 2.24) is 9.80 Å². The fraction of sp³-hybridized carbons (Fsp3) is 0.409. The smallest absolute Gasteiger partial charge is 0.294 e.